The number of hydrogen-bond acceptors (Lipinski definition) is 3. The number of rotatable bonds is 4. The van der Waals surface area contributed by atoms with Gasteiger partial charge in [-0.25, -0.2) is 0 Å². The monoisotopic (exact) mass is 178 g/mol. The highest BCUT2D eigenvalue weighted by Crippen LogP contribution is 2.11. The molecule has 0 fully saturated rings. The largest absolute Gasteiger partial charge is 0.429 e. The summed E-state index contributed by atoms with van der Waals surface area (Å²) in [4.78, 5) is 20.7. The lowest BCUT2D eigenvalue weighted by atomic mass is 10.1. The van der Waals surface area contributed by atoms with Crippen molar-refractivity contribution in [3.05, 3.63) is 29.8 Å². The van der Waals surface area contributed by atoms with Crippen LogP contribution in [-0.4, -0.2) is 12.3 Å². The van der Waals surface area contributed by atoms with E-state index in [4.69, 9.17) is 0 Å². The molecule has 0 saturated carbocycles. The fourth-order valence-corrected chi connectivity index (χ4v) is 1.03. The van der Waals surface area contributed by atoms with Crippen molar-refractivity contribution in [3.63, 3.8) is 0 Å². The second-order valence-corrected chi connectivity index (χ2v) is 2.74. The van der Waals surface area contributed by atoms with Gasteiger partial charge in [0.05, 0.1) is 0 Å². The summed E-state index contributed by atoms with van der Waals surface area (Å²) in [6, 6.07) is 6.85. The normalized spacial score (nSPS) is 9.31. The van der Waals surface area contributed by atoms with Crippen LogP contribution in [0.4, 0.5) is 0 Å². The molecule has 0 radical (unpaired) electrons. The maximum absolute atomic E-state index is 10.7. The molecule has 0 aromatic heterocycles. The van der Waals surface area contributed by atoms with Crippen molar-refractivity contribution in [1.82, 2.24) is 0 Å². The number of ketones is 1. The zero-order valence-electron chi connectivity index (χ0n) is 7.32. The van der Waals surface area contributed by atoms with Crippen LogP contribution in [0.5, 0.6) is 5.75 Å². The van der Waals surface area contributed by atoms with Gasteiger partial charge in [0.2, 0.25) is 0 Å². The average molecular weight is 178 g/mol. The molecule has 0 aliphatic rings. The molecule has 0 unspecified atom stereocenters. The van der Waals surface area contributed by atoms with Gasteiger partial charge in [0.1, 0.15) is 11.5 Å². The molecule has 13 heavy (non-hydrogen) atoms. The molecule has 0 bridgehead atoms. The minimum Gasteiger partial charge on any atom is -0.429 e. The molecule has 0 spiro atoms. The van der Waals surface area contributed by atoms with Gasteiger partial charge in [0, 0.05) is 6.42 Å². The van der Waals surface area contributed by atoms with Crippen LogP contribution in [0, 0.1) is 0 Å². The fourth-order valence-electron chi connectivity index (χ4n) is 1.03. The van der Waals surface area contributed by atoms with Crippen LogP contribution in [0.25, 0.3) is 0 Å². The summed E-state index contributed by atoms with van der Waals surface area (Å²) in [7, 11) is 0. The first-order valence-electron chi connectivity index (χ1n) is 3.91. The molecule has 3 nitrogen and oxygen atoms in total. The summed E-state index contributed by atoms with van der Waals surface area (Å²) in [5, 5.41) is 0. The lowest BCUT2D eigenvalue weighted by molar-refractivity contribution is -0.120. The molecule has 1 rings (SSSR count). The van der Waals surface area contributed by atoms with Crippen molar-refractivity contribution in [2.24, 2.45) is 0 Å². The van der Waals surface area contributed by atoms with Gasteiger partial charge in [-0.3, -0.25) is 9.59 Å². The molecule has 0 aliphatic heterocycles. The smallest absolute Gasteiger partial charge is 0.298 e. The Morgan fingerprint density at radius 3 is 2.46 bits per heavy atom. The van der Waals surface area contributed by atoms with Crippen LogP contribution >= 0.6 is 0 Å². The number of carbonyl (C=O) groups is 2. The van der Waals surface area contributed by atoms with E-state index < -0.39 is 0 Å². The van der Waals surface area contributed by atoms with Gasteiger partial charge >= 0.3 is 0 Å². The zero-order valence-corrected chi connectivity index (χ0v) is 7.32. The predicted molar refractivity (Wildman–Crippen MR) is 47.5 cm³/mol. The van der Waals surface area contributed by atoms with Gasteiger partial charge in [0.25, 0.3) is 6.47 Å². The minimum absolute atomic E-state index is 0.115. The third-order valence-electron chi connectivity index (χ3n) is 1.56. The summed E-state index contributed by atoms with van der Waals surface area (Å²) >= 11 is 0. The average Bonchev–Trinajstić information content (AvgIpc) is 2.08. The third kappa shape index (κ3) is 3.07. The van der Waals surface area contributed by atoms with E-state index >= 15 is 0 Å². The van der Waals surface area contributed by atoms with Gasteiger partial charge in [-0.2, -0.15) is 0 Å². The van der Waals surface area contributed by atoms with Gasteiger partial charge < -0.3 is 4.74 Å². The molecule has 68 valence electrons. The van der Waals surface area contributed by atoms with Crippen molar-refractivity contribution in [3.8, 4) is 5.75 Å². The second kappa shape index (κ2) is 4.40. The van der Waals surface area contributed by atoms with E-state index in [2.05, 4.69) is 4.74 Å². The van der Waals surface area contributed by atoms with E-state index in [-0.39, 0.29) is 5.78 Å². The summed E-state index contributed by atoms with van der Waals surface area (Å²) in [6.07, 6.45) is 0.418. The summed E-state index contributed by atoms with van der Waals surface area (Å²) < 4.78 is 4.60. The molecule has 0 heterocycles. The van der Waals surface area contributed by atoms with E-state index in [1.54, 1.807) is 24.3 Å². The van der Waals surface area contributed by atoms with Crippen LogP contribution in [0.1, 0.15) is 12.5 Å². The highest BCUT2D eigenvalue weighted by molar-refractivity contribution is 5.78. The first-order valence-corrected chi connectivity index (χ1v) is 3.91. The zero-order chi connectivity index (χ0) is 9.68. The van der Waals surface area contributed by atoms with Gasteiger partial charge in [-0.1, -0.05) is 12.1 Å². The molecule has 3 heteroatoms. The third-order valence-corrected chi connectivity index (χ3v) is 1.56. The first-order chi connectivity index (χ1) is 6.22. The highest BCUT2D eigenvalue weighted by Gasteiger charge is 1.97. The molecule has 1 aromatic carbocycles. The molecule has 1 aromatic rings. The predicted octanol–water partition coefficient (Wildman–Crippen LogP) is 1.35. The van der Waals surface area contributed by atoms with Crippen LogP contribution in [-0.2, 0) is 16.0 Å². The van der Waals surface area contributed by atoms with Crippen LogP contribution in [0.2, 0.25) is 0 Å². The molecule has 0 amide bonds. The van der Waals surface area contributed by atoms with E-state index in [0.717, 1.165) is 5.56 Å². The maximum atomic E-state index is 10.7. The lowest BCUT2D eigenvalue weighted by Gasteiger charge is -1.99. The molecular weight excluding hydrogens is 168 g/mol. The summed E-state index contributed by atoms with van der Waals surface area (Å²) in [5.41, 5.74) is 0.922. The Labute approximate surface area is 76.3 Å². The van der Waals surface area contributed by atoms with Crippen LogP contribution < -0.4 is 4.74 Å². The second-order valence-electron chi connectivity index (χ2n) is 2.74. The van der Waals surface area contributed by atoms with E-state index in [0.29, 0.717) is 18.6 Å². The van der Waals surface area contributed by atoms with Gasteiger partial charge in [-0.05, 0) is 24.6 Å². The number of carbonyl (C=O) groups excluding carboxylic acids is 2. The Balaban J connectivity index is 2.69. The number of ether oxygens (including phenoxy) is 1. The molecule has 0 atom stereocenters. The topological polar surface area (TPSA) is 43.4 Å². The van der Waals surface area contributed by atoms with Crippen LogP contribution in [0.3, 0.4) is 0 Å². The SMILES string of the molecule is CC(=O)Cc1ccc(OC=O)cc1. The Kier molecular flexibility index (Phi) is 3.20. The molecule has 0 N–H and O–H groups in total. The van der Waals surface area contributed by atoms with E-state index in [9.17, 15) is 9.59 Å². The lowest BCUT2D eigenvalue weighted by Crippen LogP contribution is -1.96. The Bertz CT molecular complexity index is 300. The van der Waals surface area contributed by atoms with Crippen molar-refractivity contribution in [2.45, 2.75) is 13.3 Å². The quantitative estimate of drug-likeness (QED) is 0.654. The number of Topliss-reactive ketones (excluding diaryl/α,β-unsaturated/α-hetero) is 1. The van der Waals surface area contributed by atoms with Crippen molar-refractivity contribution >= 4 is 12.3 Å². The number of hydrogen-bond donors (Lipinski definition) is 0. The summed E-state index contributed by atoms with van der Waals surface area (Å²) in [6.45, 7) is 1.91. The molecular formula is C10H10O3. The minimum atomic E-state index is 0.115. The van der Waals surface area contributed by atoms with Crippen molar-refractivity contribution in [1.29, 1.82) is 0 Å². The summed E-state index contributed by atoms with van der Waals surface area (Å²) in [5.74, 6) is 0.603. The fraction of sp³-hybridized carbons (Fsp3) is 0.200. The van der Waals surface area contributed by atoms with E-state index in [1.165, 1.54) is 6.92 Å². The van der Waals surface area contributed by atoms with Crippen LogP contribution in [0.15, 0.2) is 24.3 Å². The first kappa shape index (κ1) is 9.45. The Hall–Kier alpha value is -1.64. The Morgan fingerprint density at radius 1 is 1.38 bits per heavy atom. The van der Waals surface area contributed by atoms with Crippen molar-refractivity contribution < 1.29 is 14.3 Å². The van der Waals surface area contributed by atoms with Gasteiger partial charge in [0.15, 0.2) is 0 Å². The molecule has 0 aliphatic carbocycles. The van der Waals surface area contributed by atoms with Gasteiger partial charge in [-0.15, -0.1) is 0 Å². The highest BCUT2D eigenvalue weighted by atomic mass is 16.5. The molecule has 0 saturated heterocycles. The maximum Gasteiger partial charge on any atom is 0.298 e. The number of benzene rings is 1. The van der Waals surface area contributed by atoms with Crippen molar-refractivity contribution in [2.75, 3.05) is 0 Å². The van der Waals surface area contributed by atoms with E-state index in [1.807, 2.05) is 0 Å². The standard InChI is InChI=1S/C10H10O3/c1-8(12)6-9-2-4-10(5-3-9)13-7-11/h2-5,7H,6H2,1H3. The Morgan fingerprint density at radius 2 is 2.00 bits per heavy atom.